The van der Waals surface area contributed by atoms with Gasteiger partial charge in [-0.2, -0.15) is 10.1 Å². The van der Waals surface area contributed by atoms with Crippen LogP contribution in [0.2, 0.25) is 0 Å². The van der Waals surface area contributed by atoms with Gasteiger partial charge in [0.05, 0.1) is 5.69 Å². The molecule has 0 fully saturated rings. The lowest BCUT2D eigenvalue weighted by molar-refractivity contribution is 0.101. The van der Waals surface area contributed by atoms with Crippen molar-refractivity contribution in [1.29, 1.82) is 0 Å². The van der Waals surface area contributed by atoms with Gasteiger partial charge in [0.1, 0.15) is 12.0 Å². The van der Waals surface area contributed by atoms with Crippen molar-refractivity contribution < 1.29 is 4.79 Å². The number of aryl methyl sites for hydroxylation is 2. The van der Waals surface area contributed by atoms with Crippen molar-refractivity contribution >= 4 is 17.5 Å². The fourth-order valence-corrected chi connectivity index (χ4v) is 1.72. The number of nitrogens with zero attached hydrogens (tertiary/aromatic N) is 4. The van der Waals surface area contributed by atoms with Crippen LogP contribution in [0.3, 0.4) is 0 Å². The number of aromatic nitrogens is 4. The molecule has 7 heteroatoms. The van der Waals surface area contributed by atoms with Gasteiger partial charge in [-0.1, -0.05) is 6.92 Å². The molecular formula is C11H16N6O. The second kappa shape index (κ2) is 4.91. The summed E-state index contributed by atoms with van der Waals surface area (Å²) in [6, 6.07) is 1.65. The summed E-state index contributed by atoms with van der Waals surface area (Å²) >= 11 is 0. The van der Waals surface area contributed by atoms with Crippen LogP contribution in [0.4, 0.5) is 11.6 Å². The van der Waals surface area contributed by atoms with E-state index in [1.807, 2.05) is 11.5 Å². The molecule has 2 aromatic rings. The molecule has 0 saturated heterocycles. The van der Waals surface area contributed by atoms with E-state index in [4.69, 9.17) is 5.73 Å². The van der Waals surface area contributed by atoms with Gasteiger partial charge in [-0.3, -0.25) is 10.1 Å². The summed E-state index contributed by atoms with van der Waals surface area (Å²) in [5, 5.41) is 6.58. The monoisotopic (exact) mass is 248 g/mol. The fourth-order valence-electron chi connectivity index (χ4n) is 1.72. The Hall–Kier alpha value is -2.31. The standard InChI is InChI=1S/C11H16N6O/c1-3-4-17-6-8(12)5-9(17)10(18)15-11-13-7-14-16(11)2/h5-7H,3-4,12H2,1-2H3,(H,13,14,15,18). The van der Waals surface area contributed by atoms with E-state index in [0.29, 0.717) is 17.3 Å². The van der Waals surface area contributed by atoms with Crippen molar-refractivity contribution in [3.05, 3.63) is 24.3 Å². The van der Waals surface area contributed by atoms with Crippen molar-refractivity contribution in [2.75, 3.05) is 11.1 Å². The first kappa shape index (κ1) is 12.2. The molecule has 2 aromatic heterocycles. The quantitative estimate of drug-likeness (QED) is 0.839. The van der Waals surface area contributed by atoms with Crippen LogP contribution >= 0.6 is 0 Å². The first-order chi connectivity index (χ1) is 8.61. The fraction of sp³-hybridized carbons (Fsp3) is 0.364. The van der Waals surface area contributed by atoms with Crippen LogP contribution in [0.5, 0.6) is 0 Å². The minimum absolute atomic E-state index is 0.240. The highest BCUT2D eigenvalue weighted by Crippen LogP contribution is 2.13. The first-order valence-electron chi connectivity index (χ1n) is 5.72. The van der Waals surface area contributed by atoms with Gasteiger partial charge in [0.15, 0.2) is 0 Å². The van der Waals surface area contributed by atoms with Gasteiger partial charge in [0, 0.05) is 19.8 Å². The Morgan fingerprint density at radius 3 is 2.94 bits per heavy atom. The van der Waals surface area contributed by atoms with Crippen LogP contribution in [-0.2, 0) is 13.6 Å². The van der Waals surface area contributed by atoms with Gasteiger partial charge < -0.3 is 10.3 Å². The number of nitrogens with two attached hydrogens (primary N) is 1. The zero-order valence-electron chi connectivity index (χ0n) is 10.4. The molecule has 0 atom stereocenters. The van der Waals surface area contributed by atoms with Crippen LogP contribution in [0, 0.1) is 0 Å². The Balaban J connectivity index is 2.21. The second-order valence-corrected chi connectivity index (χ2v) is 4.01. The van der Waals surface area contributed by atoms with E-state index in [-0.39, 0.29) is 5.91 Å². The minimum Gasteiger partial charge on any atom is -0.397 e. The predicted octanol–water partition coefficient (Wildman–Crippen LogP) is 0.861. The molecule has 0 aliphatic rings. The Morgan fingerprint density at radius 2 is 2.33 bits per heavy atom. The molecule has 0 spiro atoms. The zero-order valence-corrected chi connectivity index (χ0v) is 10.4. The number of carbonyl (C=O) groups excluding carboxylic acids is 1. The summed E-state index contributed by atoms with van der Waals surface area (Å²) in [6.45, 7) is 2.79. The number of carbonyl (C=O) groups is 1. The molecule has 0 aliphatic carbocycles. The molecule has 0 saturated carbocycles. The number of amides is 1. The average Bonchev–Trinajstić information content (AvgIpc) is 2.87. The Labute approximate surface area is 105 Å². The topological polar surface area (TPSA) is 90.8 Å². The number of hydrogen-bond donors (Lipinski definition) is 2. The summed E-state index contributed by atoms with van der Waals surface area (Å²) in [6.07, 6.45) is 4.07. The van der Waals surface area contributed by atoms with Crippen LogP contribution in [-0.4, -0.2) is 25.2 Å². The molecule has 96 valence electrons. The number of nitrogens with one attached hydrogen (secondary N) is 1. The van der Waals surface area contributed by atoms with E-state index in [1.54, 1.807) is 19.3 Å². The van der Waals surface area contributed by atoms with Gasteiger partial charge >= 0.3 is 0 Å². The smallest absolute Gasteiger partial charge is 0.274 e. The van der Waals surface area contributed by atoms with Gasteiger partial charge in [0.2, 0.25) is 5.95 Å². The van der Waals surface area contributed by atoms with E-state index in [9.17, 15) is 4.79 Å². The third kappa shape index (κ3) is 2.34. The zero-order chi connectivity index (χ0) is 13.1. The Kier molecular flexibility index (Phi) is 3.31. The van der Waals surface area contributed by atoms with Crippen molar-refractivity contribution in [3.63, 3.8) is 0 Å². The molecule has 18 heavy (non-hydrogen) atoms. The van der Waals surface area contributed by atoms with Crippen LogP contribution in [0.1, 0.15) is 23.8 Å². The lowest BCUT2D eigenvalue weighted by Gasteiger charge is -2.07. The molecule has 1 amide bonds. The van der Waals surface area contributed by atoms with E-state index >= 15 is 0 Å². The minimum atomic E-state index is -0.240. The summed E-state index contributed by atoms with van der Waals surface area (Å²) < 4.78 is 3.33. The van der Waals surface area contributed by atoms with Crippen molar-refractivity contribution in [2.24, 2.45) is 7.05 Å². The maximum absolute atomic E-state index is 12.1. The van der Waals surface area contributed by atoms with Crippen molar-refractivity contribution in [1.82, 2.24) is 19.3 Å². The Morgan fingerprint density at radius 1 is 1.56 bits per heavy atom. The highest BCUT2D eigenvalue weighted by atomic mass is 16.2. The lowest BCUT2D eigenvalue weighted by Crippen LogP contribution is -2.19. The van der Waals surface area contributed by atoms with Crippen molar-refractivity contribution in [2.45, 2.75) is 19.9 Å². The third-order valence-corrected chi connectivity index (χ3v) is 2.55. The molecule has 0 aliphatic heterocycles. The largest absolute Gasteiger partial charge is 0.397 e. The van der Waals surface area contributed by atoms with Crippen LogP contribution in [0.15, 0.2) is 18.6 Å². The SMILES string of the molecule is CCCn1cc(N)cc1C(=O)Nc1ncnn1C. The first-order valence-corrected chi connectivity index (χ1v) is 5.72. The summed E-state index contributed by atoms with van der Waals surface area (Å²) in [5.74, 6) is 0.166. The summed E-state index contributed by atoms with van der Waals surface area (Å²) in [7, 11) is 1.71. The normalized spacial score (nSPS) is 10.6. The predicted molar refractivity (Wildman–Crippen MR) is 68.1 cm³/mol. The maximum Gasteiger partial charge on any atom is 0.274 e. The van der Waals surface area contributed by atoms with Gasteiger partial charge in [-0.05, 0) is 12.5 Å². The van der Waals surface area contributed by atoms with E-state index in [2.05, 4.69) is 15.4 Å². The third-order valence-electron chi connectivity index (χ3n) is 2.55. The molecular weight excluding hydrogens is 232 g/mol. The molecule has 2 rings (SSSR count). The van der Waals surface area contributed by atoms with E-state index in [1.165, 1.54) is 11.0 Å². The summed E-state index contributed by atoms with van der Waals surface area (Å²) in [4.78, 5) is 16.0. The maximum atomic E-state index is 12.1. The average molecular weight is 248 g/mol. The number of nitrogen functional groups attached to an aromatic ring is 1. The van der Waals surface area contributed by atoms with Crippen LogP contribution in [0.25, 0.3) is 0 Å². The van der Waals surface area contributed by atoms with Crippen molar-refractivity contribution in [3.8, 4) is 0 Å². The molecule has 3 N–H and O–H groups in total. The van der Waals surface area contributed by atoms with Gasteiger partial charge in [-0.15, -0.1) is 0 Å². The molecule has 0 unspecified atom stereocenters. The highest BCUT2D eigenvalue weighted by Gasteiger charge is 2.14. The summed E-state index contributed by atoms with van der Waals surface area (Å²) in [5.41, 5.74) is 6.82. The van der Waals surface area contributed by atoms with Gasteiger partial charge in [0.25, 0.3) is 5.91 Å². The molecule has 2 heterocycles. The molecule has 7 nitrogen and oxygen atoms in total. The van der Waals surface area contributed by atoms with E-state index in [0.717, 1.165) is 13.0 Å². The number of anilines is 2. The van der Waals surface area contributed by atoms with E-state index < -0.39 is 0 Å². The molecule has 0 aromatic carbocycles. The lowest BCUT2D eigenvalue weighted by atomic mass is 10.3. The Bertz CT molecular complexity index is 556. The molecule has 0 radical (unpaired) electrons. The number of rotatable bonds is 4. The van der Waals surface area contributed by atoms with Gasteiger partial charge in [-0.25, -0.2) is 4.68 Å². The second-order valence-electron chi connectivity index (χ2n) is 4.01. The highest BCUT2D eigenvalue weighted by molar-refractivity contribution is 6.02. The number of hydrogen-bond acceptors (Lipinski definition) is 4. The van der Waals surface area contributed by atoms with Crippen LogP contribution < -0.4 is 11.1 Å². The molecule has 0 bridgehead atoms.